The number of carbonyl (C=O) groups is 1. The average molecular weight is 290 g/mol. The lowest BCUT2D eigenvalue weighted by molar-refractivity contribution is -0.115. The van der Waals surface area contributed by atoms with Crippen molar-refractivity contribution in [3.05, 3.63) is 35.7 Å². The second-order valence-electron chi connectivity index (χ2n) is 4.79. The fourth-order valence-corrected chi connectivity index (χ4v) is 2.49. The number of carbonyl (C=O) groups excluding carboxylic acids is 1. The number of hydrogen-bond donors (Lipinski definition) is 1. The molecular formula is C14H18N4OS. The number of benzene rings is 1. The highest BCUT2D eigenvalue weighted by molar-refractivity contribution is 8.00. The van der Waals surface area contributed by atoms with Crippen LogP contribution in [0.3, 0.4) is 0 Å². The van der Waals surface area contributed by atoms with Crippen LogP contribution < -0.4 is 5.32 Å². The molecule has 0 aliphatic heterocycles. The maximum absolute atomic E-state index is 12.2. The maximum Gasteiger partial charge on any atom is 0.237 e. The minimum absolute atomic E-state index is 0.0355. The van der Waals surface area contributed by atoms with E-state index in [0.717, 1.165) is 22.0 Å². The van der Waals surface area contributed by atoms with Gasteiger partial charge in [0, 0.05) is 12.7 Å². The van der Waals surface area contributed by atoms with Gasteiger partial charge in [-0.15, -0.1) is 10.2 Å². The van der Waals surface area contributed by atoms with E-state index in [1.807, 2.05) is 46.0 Å². The highest BCUT2D eigenvalue weighted by atomic mass is 32.2. The van der Waals surface area contributed by atoms with E-state index < -0.39 is 0 Å². The number of aryl methyl sites for hydroxylation is 3. The van der Waals surface area contributed by atoms with Crippen LogP contribution in [-0.2, 0) is 11.8 Å². The number of amides is 1. The molecular weight excluding hydrogens is 272 g/mol. The van der Waals surface area contributed by atoms with Gasteiger partial charge in [0.1, 0.15) is 6.33 Å². The van der Waals surface area contributed by atoms with Gasteiger partial charge < -0.3 is 9.88 Å². The Bertz CT molecular complexity index is 623. The molecule has 1 N–H and O–H groups in total. The van der Waals surface area contributed by atoms with Crippen LogP contribution in [0.25, 0.3) is 0 Å². The predicted octanol–water partition coefficient (Wildman–Crippen LogP) is 2.55. The van der Waals surface area contributed by atoms with Crippen molar-refractivity contribution >= 4 is 23.4 Å². The van der Waals surface area contributed by atoms with Crippen LogP contribution in [0.4, 0.5) is 5.69 Å². The van der Waals surface area contributed by atoms with Gasteiger partial charge >= 0.3 is 0 Å². The topological polar surface area (TPSA) is 59.8 Å². The first-order valence-corrected chi connectivity index (χ1v) is 7.24. The predicted molar refractivity (Wildman–Crippen MR) is 80.9 cm³/mol. The van der Waals surface area contributed by atoms with Gasteiger partial charge in [-0.25, -0.2) is 0 Å². The molecule has 20 heavy (non-hydrogen) atoms. The summed E-state index contributed by atoms with van der Waals surface area (Å²) in [5.74, 6) is -0.0355. The van der Waals surface area contributed by atoms with Crippen LogP contribution in [0, 0.1) is 13.8 Å². The third kappa shape index (κ3) is 3.39. The minimum Gasteiger partial charge on any atom is -0.325 e. The summed E-state index contributed by atoms with van der Waals surface area (Å²) in [5.41, 5.74) is 3.04. The number of rotatable bonds is 4. The van der Waals surface area contributed by atoms with Crippen LogP contribution >= 0.6 is 11.8 Å². The minimum atomic E-state index is -0.238. The van der Waals surface area contributed by atoms with E-state index in [0.29, 0.717) is 0 Å². The van der Waals surface area contributed by atoms with E-state index in [2.05, 4.69) is 15.5 Å². The second-order valence-corrected chi connectivity index (χ2v) is 6.10. The van der Waals surface area contributed by atoms with Gasteiger partial charge in [0.2, 0.25) is 5.91 Å². The SMILES string of the molecule is Cc1ccc(C)c(NC(=O)[C@H](C)Sc2nncn2C)c1. The molecule has 1 aromatic heterocycles. The van der Waals surface area contributed by atoms with Crippen molar-refractivity contribution in [3.8, 4) is 0 Å². The molecule has 0 saturated heterocycles. The molecule has 6 heteroatoms. The van der Waals surface area contributed by atoms with Crippen LogP contribution in [0.5, 0.6) is 0 Å². The van der Waals surface area contributed by atoms with Crippen molar-refractivity contribution < 1.29 is 4.79 Å². The largest absolute Gasteiger partial charge is 0.325 e. The number of hydrogen-bond acceptors (Lipinski definition) is 4. The molecule has 5 nitrogen and oxygen atoms in total. The first-order valence-electron chi connectivity index (χ1n) is 6.36. The molecule has 1 atom stereocenters. The van der Waals surface area contributed by atoms with E-state index >= 15 is 0 Å². The summed E-state index contributed by atoms with van der Waals surface area (Å²) in [6, 6.07) is 6.01. The number of anilines is 1. The molecule has 2 aromatic rings. The van der Waals surface area contributed by atoms with Crippen LogP contribution in [0.1, 0.15) is 18.1 Å². The Morgan fingerprint density at radius 3 is 2.80 bits per heavy atom. The molecule has 2 rings (SSSR count). The standard InChI is InChI=1S/C14H18N4OS/c1-9-5-6-10(2)12(7-9)16-13(19)11(3)20-14-17-15-8-18(14)4/h5-8,11H,1-4H3,(H,16,19)/t11-/m0/s1. The molecule has 106 valence electrons. The van der Waals surface area contributed by atoms with E-state index in [1.165, 1.54) is 11.8 Å². The molecule has 0 fully saturated rings. The summed E-state index contributed by atoms with van der Waals surface area (Å²) in [6.07, 6.45) is 1.62. The monoisotopic (exact) mass is 290 g/mol. The lowest BCUT2D eigenvalue weighted by Gasteiger charge is -2.13. The average Bonchev–Trinajstić information content (AvgIpc) is 2.79. The molecule has 0 aliphatic rings. The Kier molecular flexibility index (Phi) is 4.44. The third-order valence-corrected chi connectivity index (χ3v) is 4.12. The molecule has 0 unspecified atom stereocenters. The number of aromatic nitrogens is 3. The maximum atomic E-state index is 12.2. The molecule has 0 radical (unpaired) electrons. The molecule has 1 amide bonds. The molecule has 0 aliphatic carbocycles. The van der Waals surface area contributed by atoms with Crippen molar-refractivity contribution in [3.63, 3.8) is 0 Å². The Labute approximate surface area is 122 Å². The van der Waals surface area contributed by atoms with Crippen LogP contribution in [0.2, 0.25) is 0 Å². The highest BCUT2D eigenvalue weighted by Gasteiger charge is 2.17. The molecule has 0 saturated carbocycles. The summed E-state index contributed by atoms with van der Waals surface area (Å²) in [5, 5.41) is 11.2. The van der Waals surface area contributed by atoms with Gasteiger partial charge in [-0.1, -0.05) is 23.9 Å². The lowest BCUT2D eigenvalue weighted by atomic mass is 10.1. The smallest absolute Gasteiger partial charge is 0.237 e. The number of nitrogens with zero attached hydrogens (tertiary/aromatic N) is 3. The Balaban J connectivity index is 2.04. The van der Waals surface area contributed by atoms with E-state index in [1.54, 1.807) is 10.9 Å². The first kappa shape index (κ1) is 14.6. The van der Waals surface area contributed by atoms with E-state index in [9.17, 15) is 4.79 Å². The van der Waals surface area contributed by atoms with Crippen molar-refractivity contribution in [1.82, 2.24) is 14.8 Å². The van der Waals surface area contributed by atoms with E-state index in [-0.39, 0.29) is 11.2 Å². The molecule has 0 spiro atoms. The zero-order chi connectivity index (χ0) is 14.7. The molecule has 0 bridgehead atoms. The van der Waals surface area contributed by atoms with Gasteiger partial charge in [-0.3, -0.25) is 4.79 Å². The second kappa shape index (κ2) is 6.09. The van der Waals surface area contributed by atoms with Crippen LogP contribution in [0.15, 0.2) is 29.7 Å². The zero-order valence-corrected chi connectivity index (χ0v) is 12.9. The van der Waals surface area contributed by atoms with Crippen LogP contribution in [-0.4, -0.2) is 25.9 Å². The zero-order valence-electron chi connectivity index (χ0n) is 12.0. The van der Waals surface area contributed by atoms with Gasteiger partial charge in [0.25, 0.3) is 0 Å². The lowest BCUT2D eigenvalue weighted by Crippen LogP contribution is -2.23. The third-order valence-electron chi connectivity index (χ3n) is 2.97. The quantitative estimate of drug-likeness (QED) is 0.879. The fraction of sp³-hybridized carbons (Fsp3) is 0.357. The molecule has 1 aromatic carbocycles. The number of thioether (sulfide) groups is 1. The Morgan fingerprint density at radius 2 is 2.15 bits per heavy atom. The summed E-state index contributed by atoms with van der Waals surface area (Å²) in [4.78, 5) is 12.2. The summed E-state index contributed by atoms with van der Waals surface area (Å²) >= 11 is 1.39. The van der Waals surface area contributed by atoms with Gasteiger partial charge in [0.15, 0.2) is 5.16 Å². The Hall–Kier alpha value is -1.82. The van der Waals surface area contributed by atoms with E-state index in [4.69, 9.17) is 0 Å². The summed E-state index contributed by atoms with van der Waals surface area (Å²) in [7, 11) is 1.86. The van der Waals surface area contributed by atoms with Crippen molar-refractivity contribution in [2.45, 2.75) is 31.2 Å². The van der Waals surface area contributed by atoms with Gasteiger partial charge in [0.05, 0.1) is 5.25 Å². The highest BCUT2D eigenvalue weighted by Crippen LogP contribution is 2.22. The first-order chi connectivity index (χ1) is 9.47. The van der Waals surface area contributed by atoms with Crippen molar-refractivity contribution in [1.29, 1.82) is 0 Å². The summed E-state index contributed by atoms with van der Waals surface area (Å²) in [6.45, 7) is 5.85. The fourth-order valence-electron chi connectivity index (χ4n) is 1.70. The van der Waals surface area contributed by atoms with Crippen molar-refractivity contribution in [2.24, 2.45) is 7.05 Å². The van der Waals surface area contributed by atoms with Gasteiger partial charge in [-0.2, -0.15) is 0 Å². The van der Waals surface area contributed by atoms with Crippen molar-refractivity contribution in [2.75, 3.05) is 5.32 Å². The van der Waals surface area contributed by atoms with Gasteiger partial charge in [-0.05, 0) is 38.0 Å². The molecule has 1 heterocycles. The number of nitrogens with one attached hydrogen (secondary N) is 1. The summed E-state index contributed by atoms with van der Waals surface area (Å²) < 4.78 is 1.80. The Morgan fingerprint density at radius 1 is 1.40 bits per heavy atom. The normalized spacial score (nSPS) is 12.2.